The maximum absolute atomic E-state index is 13.1. The zero-order chi connectivity index (χ0) is 24.6. The van der Waals surface area contributed by atoms with Gasteiger partial charge in [-0.25, -0.2) is 4.99 Å². The van der Waals surface area contributed by atoms with Crippen molar-refractivity contribution in [3.05, 3.63) is 64.8 Å². The number of ether oxygens (including phenoxy) is 2. The van der Waals surface area contributed by atoms with Gasteiger partial charge in [0.25, 0.3) is 5.91 Å². The van der Waals surface area contributed by atoms with Gasteiger partial charge in [-0.3, -0.25) is 15.3 Å². The van der Waals surface area contributed by atoms with Crippen LogP contribution in [0, 0.1) is 0 Å². The van der Waals surface area contributed by atoms with Gasteiger partial charge in [0.05, 0.1) is 5.02 Å². The van der Waals surface area contributed by atoms with Crippen LogP contribution in [-0.4, -0.2) is 60.4 Å². The minimum atomic E-state index is -1.32. The molecule has 0 bridgehead atoms. The third-order valence-electron chi connectivity index (χ3n) is 6.14. The molecule has 10 nitrogen and oxygen atoms in total. The molecule has 2 aromatic rings. The minimum absolute atomic E-state index is 0.0173. The molecule has 11 heteroatoms. The number of hydrogen-bond donors (Lipinski definition) is 3. The molecule has 0 aliphatic carbocycles. The fourth-order valence-corrected chi connectivity index (χ4v) is 4.41. The smallest absolute Gasteiger partial charge is 0.253 e. The first-order valence-corrected chi connectivity index (χ1v) is 11.6. The zero-order valence-electron chi connectivity index (χ0n) is 19.1. The summed E-state index contributed by atoms with van der Waals surface area (Å²) in [6.45, 7) is 3.66. The molecule has 3 aliphatic rings. The normalized spacial score (nSPS) is 20.8. The van der Waals surface area contributed by atoms with Crippen molar-refractivity contribution in [1.29, 1.82) is 0 Å². The molecule has 2 aromatic carbocycles. The molecule has 0 spiro atoms. The number of benzene rings is 2. The molecular weight excluding hydrogens is 472 g/mol. The number of piperazine rings is 1. The Balaban J connectivity index is 1.36. The molecule has 1 fully saturated rings. The number of nitrogens with two attached hydrogens (primary N) is 1. The number of anilines is 1. The van der Waals surface area contributed by atoms with Crippen molar-refractivity contribution in [2.24, 2.45) is 10.7 Å². The lowest BCUT2D eigenvalue weighted by Gasteiger charge is -2.34. The summed E-state index contributed by atoms with van der Waals surface area (Å²) in [7, 11) is 0. The molecule has 35 heavy (non-hydrogen) atoms. The molecular formula is C24H25ClN6O4. The van der Waals surface area contributed by atoms with Gasteiger partial charge in [-0.2, -0.15) is 0 Å². The summed E-state index contributed by atoms with van der Waals surface area (Å²) in [4.78, 5) is 32.8. The van der Waals surface area contributed by atoms with Crippen LogP contribution in [0.3, 0.4) is 0 Å². The molecule has 1 atom stereocenters. The Morgan fingerprint density at radius 3 is 2.69 bits per heavy atom. The standard InChI is InChI=1S/C24H25ClN6O4/c1-15(32)30-9-11-31(12-10-30)23(33)16-3-2-4-17(13-16)24(26)27-8-7-20(29-24)28-21-18(25)5-6-19-22(21)35-14-34-19/h2-8,13,27H,9-12,14,26H2,1H3,(H,28,29). The van der Waals surface area contributed by atoms with Crippen molar-refractivity contribution in [2.45, 2.75) is 12.7 Å². The van der Waals surface area contributed by atoms with Gasteiger partial charge in [0, 0.05) is 50.4 Å². The summed E-state index contributed by atoms with van der Waals surface area (Å²) in [5.74, 6) is 0.133. The average Bonchev–Trinajstić information content (AvgIpc) is 3.35. The summed E-state index contributed by atoms with van der Waals surface area (Å²) in [5.41, 5.74) is 8.27. The van der Waals surface area contributed by atoms with Gasteiger partial charge in [-0.15, -0.1) is 0 Å². The SMILES string of the molecule is CC(=O)N1CCN(C(=O)c2cccc(C3(N)N=C(Nc4c(Cl)ccc5c4OCO5)C=CN3)c2)CC1. The van der Waals surface area contributed by atoms with E-state index in [-0.39, 0.29) is 18.6 Å². The number of amides is 2. The van der Waals surface area contributed by atoms with Gasteiger partial charge < -0.3 is 29.9 Å². The second kappa shape index (κ2) is 9.12. The van der Waals surface area contributed by atoms with Crippen LogP contribution in [0.2, 0.25) is 5.02 Å². The quantitative estimate of drug-likeness (QED) is 0.594. The van der Waals surface area contributed by atoms with Gasteiger partial charge in [0.2, 0.25) is 18.5 Å². The van der Waals surface area contributed by atoms with Crippen LogP contribution in [0.25, 0.3) is 0 Å². The number of halogens is 1. The summed E-state index contributed by atoms with van der Waals surface area (Å²) < 4.78 is 11.0. The number of hydrogen-bond acceptors (Lipinski definition) is 8. The molecule has 4 N–H and O–H groups in total. The maximum atomic E-state index is 13.1. The molecule has 0 saturated carbocycles. The Morgan fingerprint density at radius 1 is 1.14 bits per heavy atom. The predicted molar refractivity (Wildman–Crippen MR) is 131 cm³/mol. The Kier molecular flexibility index (Phi) is 6.00. The van der Waals surface area contributed by atoms with E-state index in [1.807, 2.05) is 6.07 Å². The van der Waals surface area contributed by atoms with Gasteiger partial charge in [-0.1, -0.05) is 23.7 Å². The highest BCUT2D eigenvalue weighted by Gasteiger charge is 2.31. The number of fused-ring (bicyclic) bond motifs is 1. The molecule has 2 amide bonds. The van der Waals surface area contributed by atoms with E-state index in [0.29, 0.717) is 65.4 Å². The highest BCUT2D eigenvalue weighted by atomic mass is 35.5. The van der Waals surface area contributed by atoms with E-state index in [1.54, 1.807) is 52.4 Å². The number of carbonyl (C=O) groups is 2. The van der Waals surface area contributed by atoms with E-state index in [0.717, 1.165) is 0 Å². The van der Waals surface area contributed by atoms with Crippen LogP contribution in [0.4, 0.5) is 5.69 Å². The number of rotatable bonds is 3. The van der Waals surface area contributed by atoms with Crippen LogP contribution in [0.15, 0.2) is 53.7 Å². The molecule has 5 rings (SSSR count). The fourth-order valence-electron chi connectivity index (χ4n) is 4.21. The third kappa shape index (κ3) is 4.50. The van der Waals surface area contributed by atoms with Crippen molar-refractivity contribution < 1.29 is 19.1 Å². The topological polar surface area (TPSA) is 122 Å². The molecule has 1 unspecified atom stereocenters. The first-order chi connectivity index (χ1) is 16.8. The Morgan fingerprint density at radius 2 is 1.91 bits per heavy atom. The van der Waals surface area contributed by atoms with Crippen LogP contribution in [0.1, 0.15) is 22.8 Å². The van der Waals surface area contributed by atoms with E-state index in [4.69, 9.17) is 26.8 Å². The molecule has 0 aromatic heterocycles. The number of aliphatic imine (C=N–C) groups is 1. The van der Waals surface area contributed by atoms with Crippen LogP contribution in [0.5, 0.6) is 11.5 Å². The predicted octanol–water partition coefficient (Wildman–Crippen LogP) is 2.07. The van der Waals surface area contributed by atoms with Crippen molar-refractivity contribution in [3.8, 4) is 11.5 Å². The first-order valence-electron chi connectivity index (χ1n) is 11.2. The first kappa shape index (κ1) is 23.0. The van der Waals surface area contributed by atoms with Gasteiger partial charge in [-0.05, 0) is 30.3 Å². The fraction of sp³-hybridized carbons (Fsp3) is 0.292. The van der Waals surface area contributed by atoms with Crippen molar-refractivity contribution in [1.82, 2.24) is 15.1 Å². The zero-order valence-corrected chi connectivity index (χ0v) is 19.8. The molecule has 1 saturated heterocycles. The highest BCUT2D eigenvalue weighted by molar-refractivity contribution is 6.34. The Hall–Kier alpha value is -3.76. The summed E-state index contributed by atoms with van der Waals surface area (Å²) in [6, 6.07) is 10.5. The van der Waals surface area contributed by atoms with Crippen LogP contribution in [-0.2, 0) is 10.6 Å². The largest absolute Gasteiger partial charge is 0.454 e. The second-order valence-corrected chi connectivity index (χ2v) is 8.81. The molecule has 3 aliphatic heterocycles. The van der Waals surface area contributed by atoms with E-state index in [1.165, 1.54) is 6.92 Å². The van der Waals surface area contributed by atoms with Gasteiger partial charge >= 0.3 is 0 Å². The van der Waals surface area contributed by atoms with E-state index >= 15 is 0 Å². The number of amidine groups is 1. The Bertz CT molecular complexity index is 1240. The van der Waals surface area contributed by atoms with Crippen molar-refractivity contribution >= 4 is 34.9 Å². The Labute approximate surface area is 207 Å². The van der Waals surface area contributed by atoms with Gasteiger partial charge in [0.1, 0.15) is 11.5 Å². The number of carbonyl (C=O) groups excluding carboxylic acids is 2. The van der Waals surface area contributed by atoms with Crippen molar-refractivity contribution in [3.63, 3.8) is 0 Å². The van der Waals surface area contributed by atoms with Gasteiger partial charge in [0.15, 0.2) is 11.5 Å². The third-order valence-corrected chi connectivity index (χ3v) is 6.46. The van der Waals surface area contributed by atoms with E-state index in [2.05, 4.69) is 15.6 Å². The molecule has 182 valence electrons. The minimum Gasteiger partial charge on any atom is -0.454 e. The van der Waals surface area contributed by atoms with Crippen LogP contribution < -0.4 is 25.8 Å². The lowest BCUT2D eigenvalue weighted by atomic mass is 10.0. The number of nitrogens with zero attached hydrogens (tertiary/aromatic N) is 3. The monoisotopic (exact) mass is 496 g/mol. The number of nitrogens with one attached hydrogen (secondary N) is 2. The lowest BCUT2D eigenvalue weighted by molar-refractivity contribution is -0.130. The van der Waals surface area contributed by atoms with Crippen LogP contribution >= 0.6 is 11.6 Å². The van der Waals surface area contributed by atoms with E-state index in [9.17, 15) is 9.59 Å². The molecule has 3 heterocycles. The highest BCUT2D eigenvalue weighted by Crippen LogP contribution is 2.43. The van der Waals surface area contributed by atoms with E-state index < -0.39 is 5.79 Å². The molecule has 0 radical (unpaired) electrons. The van der Waals surface area contributed by atoms with Crippen molar-refractivity contribution in [2.75, 3.05) is 38.3 Å². The average molecular weight is 497 g/mol. The summed E-state index contributed by atoms with van der Waals surface area (Å²) >= 11 is 6.38. The second-order valence-electron chi connectivity index (χ2n) is 8.40. The lowest BCUT2D eigenvalue weighted by Crippen LogP contribution is -2.50. The summed E-state index contributed by atoms with van der Waals surface area (Å²) in [5, 5.41) is 6.69. The maximum Gasteiger partial charge on any atom is 0.253 e. The summed E-state index contributed by atoms with van der Waals surface area (Å²) in [6.07, 6.45) is 3.40.